The number of ketones is 1. The molecule has 0 bridgehead atoms. The zero-order valence-electron chi connectivity index (χ0n) is 14.7. The molecular weight excluding hydrogens is 391 g/mol. The lowest BCUT2D eigenvalue weighted by molar-refractivity contribution is -0.116. The number of anilines is 1. The van der Waals surface area contributed by atoms with Crippen LogP contribution < -0.4 is 10.5 Å². The predicted octanol–water partition coefficient (Wildman–Crippen LogP) is 2.26. The van der Waals surface area contributed by atoms with Crippen molar-refractivity contribution in [3.05, 3.63) is 63.8 Å². The Balaban J connectivity index is 2.06. The zero-order valence-corrected chi connectivity index (χ0v) is 14.7. The number of rotatable bonds is 3. The summed E-state index contributed by atoms with van der Waals surface area (Å²) >= 11 is 0. The normalized spacial score (nSPS) is 14.0. The Bertz CT molecular complexity index is 1260. The van der Waals surface area contributed by atoms with Crippen molar-refractivity contribution >= 4 is 23.2 Å². The second-order valence-corrected chi connectivity index (χ2v) is 6.52. The van der Waals surface area contributed by atoms with E-state index < -0.39 is 34.5 Å². The second kappa shape index (κ2) is 6.73. The smallest absolute Gasteiger partial charge is 0.341 e. The minimum absolute atomic E-state index is 0.0716. The van der Waals surface area contributed by atoms with E-state index in [-0.39, 0.29) is 47.9 Å². The van der Waals surface area contributed by atoms with E-state index in [2.05, 4.69) is 4.98 Å². The largest absolute Gasteiger partial charge is 0.477 e. The maximum atomic E-state index is 14.6. The van der Waals surface area contributed by atoms with Crippen LogP contribution in [0.5, 0.6) is 0 Å². The molecule has 4 rings (SSSR count). The molecule has 0 atom stereocenters. The molecule has 3 aromatic rings. The van der Waals surface area contributed by atoms with Gasteiger partial charge in [-0.05, 0) is 18.2 Å². The molecule has 0 spiro atoms. The molecule has 1 saturated heterocycles. The first kappa shape index (κ1) is 18.7. The number of aromatic nitrogens is 2. The van der Waals surface area contributed by atoms with Gasteiger partial charge >= 0.3 is 5.97 Å². The van der Waals surface area contributed by atoms with E-state index in [0.29, 0.717) is 10.5 Å². The monoisotopic (exact) mass is 403 g/mol. The van der Waals surface area contributed by atoms with E-state index in [1.54, 1.807) is 0 Å². The van der Waals surface area contributed by atoms with E-state index in [9.17, 15) is 32.7 Å². The number of pyridine rings is 1. The fourth-order valence-corrected chi connectivity index (χ4v) is 3.28. The number of nitrogens with zero attached hydrogens (tertiary/aromatic N) is 3. The predicted molar refractivity (Wildman–Crippen MR) is 95.6 cm³/mol. The first-order valence-corrected chi connectivity index (χ1v) is 8.47. The summed E-state index contributed by atoms with van der Waals surface area (Å²) in [5, 5.41) is 9.31. The van der Waals surface area contributed by atoms with E-state index in [4.69, 9.17) is 0 Å². The van der Waals surface area contributed by atoms with Crippen LogP contribution in [0.3, 0.4) is 0 Å². The average molecular weight is 403 g/mol. The van der Waals surface area contributed by atoms with E-state index in [1.807, 2.05) is 0 Å². The number of carbonyl (C=O) groups excluding carboxylic acids is 1. The Morgan fingerprint density at radius 1 is 1.07 bits per heavy atom. The third-order valence-corrected chi connectivity index (χ3v) is 4.65. The molecule has 0 saturated carbocycles. The Kier molecular flexibility index (Phi) is 4.33. The summed E-state index contributed by atoms with van der Waals surface area (Å²) in [6, 6.07) is 3.55. The van der Waals surface area contributed by atoms with Crippen LogP contribution in [0.2, 0.25) is 0 Å². The van der Waals surface area contributed by atoms with Gasteiger partial charge in [0.15, 0.2) is 17.4 Å². The number of fused-ring (bicyclic) bond motifs is 1. The van der Waals surface area contributed by atoms with Crippen molar-refractivity contribution in [1.82, 2.24) is 9.38 Å². The van der Waals surface area contributed by atoms with Gasteiger partial charge in [0, 0.05) is 30.2 Å². The van der Waals surface area contributed by atoms with E-state index >= 15 is 0 Å². The first-order chi connectivity index (χ1) is 13.8. The van der Waals surface area contributed by atoms with Gasteiger partial charge in [-0.2, -0.15) is 0 Å². The highest BCUT2D eigenvalue weighted by Crippen LogP contribution is 2.29. The zero-order chi connectivity index (χ0) is 20.9. The number of carboxylic acid groups (broad SMARTS) is 1. The van der Waals surface area contributed by atoms with Crippen LogP contribution in [-0.2, 0) is 4.79 Å². The fraction of sp³-hybridized carbons (Fsp3) is 0.158. The van der Waals surface area contributed by atoms with Crippen LogP contribution in [0, 0.1) is 17.5 Å². The summed E-state index contributed by atoms with van der Waals surface area (Å²) < 4.78 is 43.0. The lowest BCUT2D eigenvalue weighted by Gasteiger charge is -2.18. The van der Waals surface area contributed by atoms with Gasteiger partial charge in [0.1, 0.15) is 22.8 Å². The molecule has 1 N–H and O–H groups in total. The lowest BCUT2D eigenvalue weighted by Crippen LogP contribution is -2.27. The van der Waals surface area contributed by atoms with E-state index in [1.165, 1.54) is 4.90 Å². The minimum Gasteiger partial charge on any atom is -0.477 e. The molecule has 0 amide bonds. The number of hydrogen-bond acceptors (Lipinski definition) is 5. The van der Waals surface area contributed by atoms with Crippen LogP contribution in [0.15, 0.2) is 35.3 Å². The molecular formula is C19H12F3N3O4. The number of aromatic carboxylic acids is 1. The quantitative estimate of drug-likeness (QED) is 0.721. The summed E-state index contributed by atoms with van der Waals surface area (Å²) in [4.78, 5) is 41.0. The van der Waals surface area contributed by atoms with Crippen molar-refractivity contribution < 1.29 is 27.9 Å². The standard InChI is InChI=1S/C19H12F3N3O4/c20-9-1-2-11(14(21)5-9)12-6-13(19(28)29)18(27)25-8-15(22)17(23-16(12)25)24-4-3-10(26)7-24/h1-2,5-6,8H,3-4,7H2,(H,28,29). The van der Waals surface area contributed by atoms with Crippen molar-refractivity contribution in [2.75, 3.05) is 18.0 Å². The molecule has 1 aliphatic rings. The molecule has 0 unspecified atom stereocenters. The third-order valence-electron chi connectivity index (χ3n) is 4.65. The second-order valence-electron chi connectivity index (χ2n) is 6.52. The number of benzene rings is 1. The summed E-state index contributed by atoms with van der Waals surface area (Å²) in [7, 11) is 0. The molecule has 1 aliphatic heterocycles. The Hall–Kier alpha value is -3.69. The van der Waals surface area contributed by atoms with Gasteiger partial charge in [0.25, 0.3) is 5.56 Å². The molecule has 29 heavy (non-hydrogen) atoms. The average Bonchev–Trinajstić information content (AvgIpc) is 3.08. The SMILES string of the molecule is O=C1CCN(c2nc3c(-c4ccc(F)cc4F)cc(C(=O)O)c(=O)n3cc2F)C1. The van der Waals surface area contributed by atoms with Crippen LogP contribution in [0.25, 0.3) is 16.8 Å². The van der Waals surface area contributed by atoms with Gasteiger partial charge in [-0.3, -0.25) is 14.0 Å². The van der Waals surface area contributed by atoms with Crippen molar-refractivity contribution in [3.8, 4) is 11.1 Å². The van der Waals surface area contributed by atoms with Crippen molar-refractivity contribution in [2.24, 2.45) is 0 Å². The van der Waals surface area contributed by atoms with Gasteiger partial charge in [0.2, 0.25) is 0 Å². The molecule has 0 aliphatic carbocycles. The summed E-state index contributed by atoms with van der Waals surface area (Å²) in [5.74, 6) is -4.73. The van der Waals surface area contributed by atoms with Gasteiger partial charge in [-0.1, -0.05) is 0 Å². The van der Waals surface area contributed by atoms with Crippen molar-refractivity contribution in [1.29, 1.82) is 0 Å². The molecule has 7 nitrogen and oxygen atoms in total. The number of carbonyl (C=O) groups is 2. The molecule has 0 radical (unpaired) electrons. The number of Topliss-reactive ketones (excluding diaryl/α,β-unsaturated/α-hetero) is 1. The van der Waals surface area contributed by atoms with Crippen molar-refractivity contribution in [2.45, 2.75) is 6.42 Å². The van der Waals surface area contributed by atoms with Crippen LogP contribution in [0.4, 0.5) is 19.0 Å². The van der Waals surface area contributed by atoms with Gasteiger partial charge in [0.05, 0.1) is 12.7 Å². The van der Waals surface area contributed by atoms with Gasteiger partial charge < -0.3 is 10.0 Å². The molecule has 2 aromatic heterocycles. The lowest BCUT2D eigenvalue weighted by atomic mass is 10.0. The summed E-state index contributed by atoms with van der Waals surface area (Å²) in [6.07, 6.45) is 0.955. The minimum atomic E-state index is -1.59. The Morgan fingerprint density at radius 3 is 2.45 bits per heavy atom. The van der Waals surface area contributed by atoms with Crippen molar-refractivity contribution in [3.63, 3.8) is 0 Å². The highest BCUT2D eigenvalue weighted by Gasteiger charge is 2.26. The molecule has 10 heteroatoms. The van der Waals surface area contributed by atoms with Crippen LogP contribution in [0.1, 0.15) is 16.8 Å². The number of halogens is 3. The molecule has 3 heterocycles. The first-order valence-electron chi connectivity index (χ1n) is 8.47. The summed E-state index contributed by atoms with van der Waals surface area (Å²) in [5.41, 5.74) is -2.36. The highest BCUT2D eigenvalue weighted by atomic mass is 19.1. The topological polar surface area (TPSA) is 92.0 Å². The highest BCUT2D eigenvalue weighted by molar-refractivity contribution is 5.92. The molecule has 1 aromatic carbocycles. The Labute approximate surface area is 160 Å². The third kappa shape index (κ3) is 3.12. The number of carboxylic acids is 1. The van der Waals surface area contributed by atoms with E-state index in [0.717, 1.165) is 24.4 Å². The van der Waals surface area contributed by atoms with Crippen LogP contribution >= 0.6 is 0 Å². The molecule has 148 valence electrons. The maximum absolute atomic E-state index is 14.6. The van der Waals surface area contributed by atoms with Crippen LogP contribution in [-0.4, -0.2) is 39.3 Å². The fourth-order valence-electron chi connectivity index (χ4n) is 3.28. The molecule has 1 fully saturated rings. The maximum Gasteiger partial charge on any atom is 0.341 e. The number of hydrogen-bond donors (Lipinski definition) is 1. The van der Waals surface area contributed by atoms with Gasteiger partial charge in [-0.15, -0.1) is 0 Å². The summed E-state index contributed by atoms with van der Waals surface area (Å²) in [6.45, 7) is 0.147. The van der Waals surface area contributed by atoms with Gasteiger partial charge in [-0.25, -0.2) is 22.9 Å². The Morgan fingerprint density at radius 2 is 1.83 bits per heavy atom.